The third-order valence-corrected chi connectivity index (χ3v) is 7.75. The second kappa shape index (κ2) is 9.95. The van der Waals surface area contributed by atoms with E-state index in [1.807, 2.05) is 30.3 Å². The van der Waals surface area contributed by atoms with Gasteiger partial charge in [-0.1, -0.05) is 61.0 Å². The second-order valence-electron chi connectivity index (χ2n) is 9.83. The minimum absolute atomic E-state index is 0.0425. The predicted molar refractivity (Wildman–Crippen MR) is 134 cm³/mol. The molecule has 0 saturated heterocycles. The third-order valence-electron chi connectivity index (χ3n) is 7.75. The van der Waals surface area contributed by atoms with Gasteiger partial charge in [0.15, 0.2) is 0 Å². The number of fused-ring (bicyclic) bond motifs is 2. The van der Waals surface area contributed by atoms with E-state index in [1.165, 1.54) is 30.4 Å². The van der Waals surface area contributed by atoms with Crippen LogP contribution in [0.1, 0.15) is 59.2 Å². The van der Waals surface area contributed by atoms with Gasteiger partial charge in [0.05, 0.1) is 6.42 Å². The van der Waals surface area contributed by atoms with E-state index in [-0.39, 0.29) is 24.3 Å². The van der Waals surface area contributed by atoms with Gasteiger partial charge in [0.2, 0.25) is 0 Å². The van der Waals surface area contributed by atoms with Crippen molar-refractivity contribution in [1.29, 1.82) is 0 Å². The summed E-state index contributed by atoms with van der Waals surface area (Å²) in [6, 6.07) is 26.7. The van der Waals surface area contributed by atoms with Crippen LogP contribution in [0.3, 0.4) is 0 Å². The number of rotatable bonds is 9. The highest BCUT2D eigenvalue weighted by molar-refractivity contribution is 5.94. The van der Waals surface area contributed by atoms with E-state index in [0.717, 1.165) is 23.7 Å². The summed E-state index contributed by atoms with van der Waals surface area (Å²) in [4.78, 5) is 23.1. The van der Waals surface area contributed by atoms with Crippen molar-refractivity contribution in [2.75, 3.05) is 6.54 Å². The minimum Gasteiger partial charge on any atom is -0.489 e. The largest absolute Gasteiger partial charge is 0.489 e. The van der Waals surface area contributed by atoms with Gasteiger partial charge in [-0.05, 0) is 72.1 Å². The molecule has 5 heteroatoms. The van der Waals surface area contributed by atoms with Crippen LogP contribution in [0.5, 0.6) is 5.75 Å². The van der Waals surface area contributed by atoms with Crippen molar-refractivity contribution in [1.82, 2.24) is 5.32 Å². The van der Waals surface area contributed by atoms with E-state index in [9.17, 15) is 9.59 Å². The first-order valence-electron chi connectivity index (χ1n) is 12.4. The zero-order valence-electron chi connectivity index (χ0n) is 19.8. The second-order valence-corrected chi connectivity index (χ2v) is 9.83. The molecule has 2 aliphatic rings. The molecule has 0 aliphatic heterocycles. The summed E-state index contributed by atoms with van der Waals surface area (Å²) in [6.07, 6.45) is 4.83. The summed E-state index contributed by atoms with van der Waals surface area (Å²) in [5, 5.41) is 11.5. The molecule has 1 amide bonds. The van der Waals surface area contributed by atoms with Crippen molar-refractivity contribution in [3.05, 3.63) is 101 Å². The van der Waals surface area contributed by atoms with Gasteiger partial charge >= 0.3 is 5.97 Å². The zero-order valence-corrected chi connectivity index (χ0v) is 19.8. The van der Waals surface area contributed by atoms with Gasteiger partial charge in [-0.15, -0.1) is 0 Å². The molecule has 2 bridgehead atoms. The predicted octanol–water partition coefficient (Wildman–Crippen LogP) is 5.58. The lowest BCUT2D eigenvalue weighted by Crippen LogP contribution is -2.34. The lowest BCUT2D eigenvalue weighted by atomic mass is 9.64. The van der Waals surface area contributed by atoms with Crippen LogP contribution in [0.4, 0.5) is 0 Å². The molecule has 0 aromatic heterocycles. The Morgan fingerprint density at radius 2 is 1.60 bits per heavy atom. The van der Waals surface area contributed by atoms with Gasteiger partial charge in [0, 0.05) is 17.5 Å². The van der Waals surface area contributed by atoms with Gasteiger partial charge in [-0.3, -0.25) is 9.59 Å². The highest BCUT2D eigenvalue weighted by atomic mass is 16.5. The molecule has 2 fully saturated rings. The van der Waals surface area contributed by atoms with Gasteiger partial charge in [0.1, 0.15) is 12.4 Å². The van der Waals surface area contributed by atoms with Gasteiger partial charge < -0.3 is 15.2 Å². The highest BCUT2D eigenvalue weighted by Gasteiger charge is 2.52. The van der Waals surface area contributed by atoms with Crippen LogP contribution < -0.4 is 10.1 Å². The first-order valence-corrected chi connectivity index (χ1v) is 12.4. The number of benzene rings is 3. The van der Waals surface area contributed by atoms with Crippen molar-refractivity contribution in [3.8, 4) is 5.75 Å². The van der Waals surface area contributed by atoms with Crippen LogP contribution in [-0.2, 0) is 16.8 Å². The topological polar surface area (TPSA) is 75.6 Å². The number of carbonyl (C=O) groups is 2. The normalized spacial score (nSPS) is 22.6. The molecule has 3 aromatic rings. The molecule has 2 N–H and O–H groups in total. The molecule has 0 spiro atoms. The first-order chi connectivity index (χ1) is 17.0. The number of nitrogens with one attached hydrogen (secondary N) is 1. The minimum atomic E-state index is -0.921. The summed E-state index contributed by atoms with van der Waals surface area (Å²) in [7, 11) is 0. The van der Waals surface area contributed by atoms with Crippen molar-refractivity contribution in [2.45, 2.75) is 44.1 Å². The maximum absolute atomic E-state index is 12.4. The van der Waals surface area contributed by atoms with Crippen LogP contribution in [-0.4, -0.2) is 23.5 Å². The Kier molecular flexibility index (Phi) is 6.58. The number of ether oxygens (including phenoxy) is 1. The van der Waals surface area contributed by atoms with Crippen molar-refractivity contribution < 1.29 is 19.4 Å². The molecule has 0 heterocycles. The quantitative estimate of drug-likeness (QED) is 0.429. The number of carboxylic acid groups (broad SMARTS) is 1. The van der Waals surface area contributed by atoms with Gasteiger partial charge in [0.25, 0.3) is 5.91 Å². The molecule has 5 rings (SSSR count). The molecule has 5 nitrogen and oxygen atoms in total. The summed E-state index contributed by atoms with van der Waals surface area (Å²) in [5.74, 6) is 1.05. The lowest BCUT2D eigenvalue weighted by molar-refractivity contribution is -0.136. The Hall–Kier alpha value is -3.60. The molecule has 3 aromatic carbocycles. The summed E-state index contributed by atoms with van der Waals surface area (Å²) in [6.45, 7) is 0.675. The Morgan fingerprint density at radius 3 is 2.20 bits per heavy atom. The van der Waals surface area contributed by atoms with Crippen LogP contribution in [0.2, 0.25) is 0 Å². The number of carboxylic acids is 1. The number of aliphatic carboxylic acids is 1. The number of amides is 1. The van der Waals surface area contributed by atoms with Gasteiger partial charge in [-0.2, -0.15) is 0 Å². The molecule has 3 unspecified atom stereocenters. The maximum Gasteiger partial charge on any atom is 0.305 e. The van der Waals surface area contributed by atoms with E-state index in [2.05, 4.69) is 53.8 Å². The number of hydrogen-bond donors (Lipinski definition) is 2. The SMILES string of the molecule is O=C(O)CCNC(=O)c1ccc(C2(c3ccc(OCc4ccccc4)cc3)CC3CCC2C3)cc1. The van der Waals surface area contributed by atoms with Crippen molar-refractivity contribution in [2.24, 2.45) is 11.8 Å². The van der Waals surface area contributed by atoms with Crippen molar-refractivity contribution in [3.63, 3.8) is 0 Å². The monoisotopic (exact) mass is 469 g/mol. The molecule has 0 radical (unpaired) electrons. The Labute approximate surface area is 206 Å². The van der Waals surface area contributed by atoms with Crippen LogP contribution >= 0.6 is 0 Å². The van der Waals surface area contributed by atoms with Crippen molar-refractivity contribution >= 4 is 11.9 Å². The number of hydrogen-bond acceptors (Lipinski definition) is 3. The van der Waals surface area contributed by atoms with Crippen LogP contribution in [0.25, 0.3) is 0 Å². The highest BCUT2D eigenvalue weighted by Crippen LogP contribution is 2.60. The summed E-state index contributed by atoms with van der Waals surface area (Å²) >= 11 is 0. The first kappa shape index (κ1) is 23.2. The van der Waals surface area contributed by atoms with E-state index in [1.54, 1.807) is 0 Å². The molecule has 2 aliphatic carbocycles. The van der Waals surface area contributed by atoms with E-state index >= 15 is 0 Å². The maximum atomic E-state index is 12.4. The van der Waals surface area contributed by atoms with E-state index in [4.69, 9.17) is 9.84 Å². The number of carbonyl (C=O) groups excluding carboxylic acids is 1. The van der Waals surface area contributed by atoms with Crippen LogP contribution in [0, 0.1) is 11.8 Å². The molecular formula is C30H31NO4. The molecule has 180 valence electrons. The standard InChI is InChI=1S/C30H31NO4/c32-28(33)16-17-31-29(34)23-7-10-24(11-8-23)30(19-22-6-9-26(30)18-22)25-12-14-27(15-13-25)35-20-21-4-2-1-3-5-21/h1-5,7-8,10-15,22,26H,6,9,16-20H2,(H,31,34)(H,32,33). The zero-order chi connectivity index (χ0) is 24.3. The fourth-order valence-electron chi connectivity index (χ4n) is 6.10. The Balaban J connectivity index is 1.35. The Morgan fingerprint density at radius 1 is 0.914 bits per heavy atom. The third kappa shape index (κ3) is 4.81. The average molecular weight is 470 g/mol. The smallest absolute Gasteiger partial charge is 0.305 e. The van der Waals surface area contributed by atoms with Gasteiger partial charge in [-0.25, -0.2) is 0 Å². The fraction of sp³-hybridized carbons (Fsp3) is 0.333. The lowest BCUT2D eigenvalue weighted by Gasteiger charge is -2.39. The molecule has 2 saturated carbocycles. The average Bonchev–Trinajstić information content (AvgIpc) is 3.51. The molecule has 35 heavy (non-hydrogen) atoms. The van der Waals surface area contributed by atoms with E-state index in [0.29, 0.717) is 18.1 Å². The fourth-order valence-corrected chi connectivity index (χ4v) is 6.10. The summed E-state index contributed by atoms with van der Waals surface area (Å²) < 4.78 is 6.02. The summed E-state index contributed by atoms with van der Waals surface area (Å²) in [5.41, 5.74) is 4.23. The molecular weight excluding hydrogens is 438 g/mol. The Bertz CT molecular complexity index is 1170. The van der Waals surface area contributed by atoms with Crippen LogP contribution in [0.15, 0.2) is 78.9 Å². The molecule has 3 atom stereocenters. The van der Waals surface area contributed by atoms with E-state index < -0.39 is 5.97 Å².